The van der Waals surface area contributed by atoms with E-state index < -0.39 is 0 Å². The van der Waals surface area contributed by atoms with Crippen molar-refractivity contribution in [3.63, 3.8) is 0 Å². The summed E-state index contributed by atoms with van der Waals surface area (Å²) in [6.45, 7) is 9.13. The Morgan fingerprint density at radius 2 is 2.10 bits per heavy atom. The molecule has 6 heteroatoms. The Balaban J connectivity index is 1.54. The topological polar surface area (TPSA) is 61.5 Å². The fourth-order valence-electron chi connectivity index (χ4n) is 3.23. The standard InChI is InChI=1S/C15H24N4O2/c1-11-14(12(2)17-16-11)15(20)19-7-5-18(6-8-19)10-13-4-3-9-21-13/h13H,3-10H2,1-2H3,(H,16,17). The SMILES string of the molecule is Cc1n[nH]c(C)c1C(=O)N1CCN(CC2CCCO2)CC1. The van der Waals surface area contributed by atoms with Gasteiger partial charge in [0.2, 0.25) is 0 Å². The number of aromatic nitrogens is 2. The number of aromatic amines is 1. The quantitative estimate of drug-likeness (QED) is 0.901. The van der Waals surface area contributed by atoms with Crippen LogP contribution in [-0.2, 0) is 4.74 Å². The number of carbonyl (C=O) groups is 1. The first kappa shape index (κ1) is 14.5. The van der Waals surface area contributed by atoms with Gasteiger partial charge in [0.25, 0.3) is 5.91 Å². The Morgan fingerprint density at radius 3 is 2.67 bits per heavy atom. The highest BCUT2D eigenvalue weighted by molar-refractivity contribution is 5.96. The minimum absolute atomic E-state index is 0.107. The Kier molecular flexibility index (Phi) is 4.26. The van der Waals surface area contributed by atoms with Crippen molar-refractivity contribution >= 4 is 5.91 Å². The van der Waals surface area contributed by atoms with Crippen LogP contribution < -0.4 is 0 Å². The van der Waals surface area contributed by atoms with Gasteiger partial charge in [0, 0.05) is 45.0 Å². The molecule has 0 aliphatic carbocycles. The van der Waals surface area contributed by atoms with Crippen molar-refractivity contribution < 1.29 is 9.53 Å². The number of nitrogens with zero attached hydrogens (tertiary/aromatic N) is 3. The maximum Gasteiger partial charge on any atom is 0.257 e. The van der Waals surface area contributed by atoms with Crippen LogP contribution in [0, 0.1) is 13.8 Å². The largest absolute Gasteiger partial charge is 0.377 e. The number of piperazine rings is 1. The molecule has 0 spiro atoms. The summed E-state index contributed by atoms with van der Waals surface area (Å²) in [6.07, 6.45) is 2.75. The second-order valence-corrected chi connectivity index (χ2v) is 6.04. The van der Waals surface area contributed by atoms with Crippen LogP contribution in [-0.4, -0.2) is 71.3 Å². The van der Waals surface area contributed by atoms with E-state index in [1.54, 1.807) is 0 Å². The Bertz CT molecular complexity index is 480. The average molecular weight is 292 g/mol. The number of hydrogen-bond donors (Lipinski definition) is 1. The average Bonchev–Trinajstić information content (AvgIpc) is 3.09. The van der Waals surface area contributed by atoms with Gasteiger partial charge in [0.05, 0.1) is 17.4 Å². The predicted octanol–water partition coefficient (Wildman–Crippen LogP) is 0.963. The van der Waals surface area contributed by atoms with Crippen molar-refractivity contribution in [2.45, 2.75) is 32.8 Å². The van der Waals surface area contributed by atoms with Gasteiger partial charge in [0.15, 0.2) is 0 Å². The first-order valence-corrected chi connectivity index (χ1v) is 7.80. The van der Waals surface area contributed by atoms with Crippen molar-refractivity contribution in [2.24, 2.45) is 0 Å². The molecular formula is C15H24N4O2. The van der Waals surface area contributed by atoms with Gasteiger partial charge in [-0.25, -0.2) is 0 Å². The van der Waals surface area contributed by atoms with Crippen LogP contribution in [0.15, 0.2) is 0 Å². The van der Waals surface area contributed by atoms with Crippen molar-refractivity contribution in [2.75, 3.05) is 39.3 Å². The lowest BCUT2D eigenvalue weighted by Gasteiger charge is -2.35. The molecule has 0 saturated carbocycles. The number of aryl methyl sites for hydroxylation is 2. The van der Waals surface area contributed by atoms with E-state index in [1.165, 1.54) is 12.8 Å². The molecule has 1 amide bonds. The number of ether oxygens (including phenoxy) is 1. The fourth-order valence-corrected chi connectivity index (χ4v) is 3.23. The number of carbonyl (C=O) groups excluding carboxylic acids is 1. The van der Waals surface area contributed by atoms with E-state index in [-0.39, 0.29) is 5.91 Å². The zero-order chi connectivity index (χ0) is 14.8. The Hall–Kier alpha value is -1.40. The Labute approximate surface area is 125 Å². The minimum atomic E-state index is 0.107. The van der Waals surface area contributed by atoms with E-state index in [0.717, 1.165) is 56.3 Å². The van der Waals surface area contributed by atoms with Crippen molar-refractivity contribution in [3.8, 4) is 0 Å². The third-order valence-corrected chi connectivity index (χ3v) is 4.49. The molecule has 3 heterocycles. The predicted molar refractivity (Wildman–Crippen MR) is 79.4 cm³/mol. The van der Waals surface area contributed by atoms with E-state index in [4.69, 9.17) is 4.74 Å². The van der Waals surface area contributed by atoms with E-state index in [0.29, 0.717) is 6.10 Å². The van der Waals surface area contributed by atoms with Gasteiger partial charge in [-0.3, -0.25) is 14.8 Å². The molecule has 1 atom stereocenters. The zero-order valence-electron chi connectivity index (χ0n) is 12.9. The van der Waals surface area contributed by atoms with Gasteiger partial charge >= 0.3 is 0 Å². The maximum absolute atomic E-state index is 12.6. The van der Waals surface area contributed by atoms with Crippen LogP contribution in [0.25, 0.3) is 0 Å². The second-order valence-electron chi connectivity index (χ2n) is 6.04. The maximum atomic E-state index is 12.6. The molecule has 2 aliphatic heterocycles. The molecule has 116 valence electrons. The molecule has 2 fully saturated rings. The molecule has 2 saturated heterocycles. The highest BCUT2D eigenvalue weighted by Gasteiger charge is 2.27. The molecule has 21 heavy (non-hydrogen) atoms. The number of H-pyrrole nitrogens is 1. The number of nitrogens with one attached hydrogen (secondary N) is 1. The van der Waals surface area contributed by atoms with Crippen LogP contribution in [0.1, 0.15) is 34.6 Å². The molecule has 1 unspecified atom stereocenters. The minimum Gasteiger partial charge on any atom is -0.377 e. The summed E-state index contributed by atoms with van der Waals surface area (Å²) in [5.41, 5.74) is 2.39. The third-order valence-electron chi connectivity index (χ3n) is 4.49. The molecule has 0 aromatic carbocycles. The van der Waals surface area contributed by atoms with Gasteiger partial charge in [-0.15, -0.1) is 0 Å². The smallest absolute Gasteiger partial charge is 0.257 e. The molecule has 3 rings (SSSR count). The highest BCUT2D eigenvalue weighted by Crippen LogP contribution is 2.17. The summed E-state index contributed by atoms with van der Waals surface area (Å²) in [5.74, 6) is 0.107. The van der Waals surface area contributed by atoms with E-state index in [9.17, 15) is 4.79 Å². The summed E-state index contributed by atoms with van der Waals surface area (Å²) in [5, 5.41) is 7.01. The lowest BCUT2D eigenvalue weighted by atomic mass is 10.1. The summed E-state index contributed by atoms with van der Waals surface area (Å²) >= 11 is 0. The summed E-state index contributed by atoms with van der Waals surface area (Å²) in [7, 11) is 0. The second kappa shape index (κ2) is 6.15. The molecule has 1 aromatic rings. The fraction of sp³-hybridized carbons (Fsp3) is 0.733. The van der Waals surface area contributed by atoms with E-state index >= 15 is 0 Å². The molecule has 1 N–H and O–H groups in total. The van der Waals surface area contributed by atoms with Crippen molar-refractivity contribution in [3.05, 3.63) is 17.0 Å². The van der Waals surface area contributed by atoms with Crippen LogP contribution in [0.4, 0.5) is 0 Å². The zero-order valence-corrected chi connectivity index (χ0v) is 12.9. The highest BCUT2D eigenvalue weighted by atomic mass is 16.5. The van der Waals surface area contributed by atoms with Crippen molar-refractivity contribution in [1.29, 1.82) is 0 Å². The number of hydrogen-bond acceptors (Lipinski definition) is 4. The summed E-state index contributed by atoms with van der Waals surface area (Å²) in [4.78, 5) is 16.9. The monoisotopic (exact) mass is 292 g/mol. The van der Waals surface area contributed by atoms with Crippen LogP contribution in [0.5, 0.6) is 0 Å². The molecule has 2 aliphatic rings. The molecule has 0 bridgehead atoms. The number of amides is 1. The molecule has 6 nitrogen and oxygen atoms in total. The van der Waals surface area contributed by atoms with Crippen LogP contribution >= 0.6 is 0 Å². The van der Waals surface area contributed by atoms with Crippen LogP contribution in [0.2, 0.25) is 0 Å². The molecule has 0 radical (unpaired) electrons. The first-order valence-electron chi connectivity index (χ1n) is 7.80. The van der Waals surface area contributed by atoms with Gasteiger partial charge < -0.3 is 9.64 Å². The molecular weight excluding hydrogens is 268 g/mol. The van der Waals surface area contributed by atoms with Gasteiger partial charge in [0.1, 0.15) is 0 Å². The molecule has 1 aromatic heterocycles. The normalized spacial score (nSPS) is 23.7. The van der Waals surface area contributed by atoms with Gasteiger partial charge in [-0.05, 0) is 26.7 Å². The summed E-state index contributed by atoms with van der Waals surface area (Å²) < 4.78 is 5.69. The number of rotatable bonds is 3. The lowest BCUT2D eigenvalue weighted by molar-refractivity contribution is 0.0432. The van der Waals surface area contributed by atoms with E-state index in [1.807, 2.05) is 18.7 Å². The van der Waals surface area contributed by atoms with E-state index in [2.05, 4.69) is 15.1 Å². The summed E-state index contributed by atoms with van der Waals surface area (Å²) in [6, 6.07) is 0. The Morgan fingerprint density at radius 1 is 1.33 bits per heavy atom. The third kappa shape index (κ3) is 3.11. The lowest BCUT2D eigenvalue weighted by Crippen LogP contribution is -2.50. The van der Waals surface area contributed by atoms with Crippen LogP contribution in [0.3, 0.4) is 0 Å². The first-order chi connectivity index (χ1) is 10.1. The van der Waals surface area contributed by atoms with Gasteiger partial charge in [-0.2, -0.15) is 5.10 Å². The van der Waals surface area contributed by atoms with Gasteiger partial charge in [-0.1, -0.05) is 0 Å². The van der Waals surface area contributed by atoms with Crippen molar-refractivity contribution in [1.82, 2.24) is 20.0 Å².